The largest absolute Gasteiger partial charge is 0.300 e. The number of carbonyl (C=O) groups is 2. The molecule has 0 fully saturated rings. The Morgan fingerprint density at radius 3 is 2.23 bits per heavy atom. The van der Waals surface area contributed by atoms with Crippen LogP contribution in [0.2, 0.25) is 5.02 Å². The van der Waals surface area contributed by atoms with Crippen LogP contribution in [0.3, 0.4) is 0 Å². The van der Waals surface area contributed by atoms with E-state index in [0.717, 1.165) is 12.0 Å². The van der Waals surface area contributed by atoms with Gasteiger partial charge in [-0.05, 0) is 54.0 Å². The average Bonchev–Trinajstić information content (AvgIpc) is 2.59. The quantitative estimate of drug-likeness (QED) is 0.506. The van der Waals surface area contributed by atoms with Crippen LogP contribution in [0.15, 0.2) is 42.5 Å². The van der Waals surface area contributed by atoms with E-state index in [9.17, 15) is 9.59 Å². The normalized spacial score (nSPS) is 12.2. The highest BCUT2D eigenvalue weighted by Gasteiger charge is 2.20. The highest BCUT2D eigenvalue weighted by Crippen LogP contribution is 2.32. The van der Waals surface area contributed by atoms with Crippen molar-refractivity contribution >= 4 is 23.2 Å². The van der Waals surface area contributed by atoms with E-state index in [1.807, 2.05) is 12.1 Å². The maximum atomic E-state index is 12.9. The number of hydrogen-bond acceptors (Lipinski definition) is 2. The minimum atomic E-state index is 0.0507. The van der Waals surface area contributed by atoms with Crippen molar-refractivity contribution in [3.8, 4) is 0 Å². The summed E-state index contributed by atoms with van der Waals surface area (Å²) in [5, 5.41) is 0.431. The molecule has 0 saturated heterocycles. The standard InChI is InChI=1S/C23H27ClO2/c1-5-18(20-9-7-6-8-19(20)15(2)3)14-23(26)21-11-10-17(12-16(4)25)13-22(21)24/h6-11,13,15,18H,5,12,14H2,1-4H3. The van der Waals surface area contributed by atoms with Crippen molar-refractivity contribution in [2.24, 2.45) is 0 Å². The van der Waals surface area contributed by atoms with E-state index in [4.69, 9.17) is 11.6 Å². The fourth-order valence-electron chi connectivity index (χ4n) is 3.40. The molecule has 0 N–H and O–H groups in total. The number of halogens is 1. The molecular weight excluding hydrogens is 344 g/mol. The van der Waals surface area contributed by atoms with Crippen molar-refractivity contribution in [2.45, 2.75) is 58.8 Å². The predicted octanol–water partition coefficient (Wildman–Crippen LogP) is 6.36. The van der Waals surface area contributed by atoms with Gasteiger partial charge in [0.15, 0.2) is 5.78 Å². The second-order valence-corrected chi connectivity index (χ2v) is 7.62. The molecule has 0 aromatic heterocycles. The number of ketones is 2. The Kier molecular flexibility index (Phi) is 7.16. The first kappa shape index (κ1) is 20.4. The predicted molar refractivity (Wildman–Crippen MR) is 108 cm³/mol. The molecule has 0 aliphatic carbocycles. The third-order valence-corrected chi connectivity index (χ3v) is 5.08. The minimum absolute atomic E-state index is 0.0507. The Hall–Kier alpha value is -1.93. The Morgan fingerprint density at radius 2 is 1.69 bits per heavy atom. The van der Waals surface area contributed by atoms with E-state index in [1.165, 1.54) is 11.1 Å². The molecule has 0 spiro atoms. The molecule has 0 amide bonds. The van der Waals surface area contributed by atoms with Gasteiger partial charge in [-0.3, -0.25) is 9.59 Å². The first-order valence-electron chi connectivity index (χ1n) is 9.23. The molecule has 2 aromatic rings. The highest BCUT2D eigenvalue weighted by molar-refractivity contribution is 6.34. The van der Waals surface area contributed by atoms with E-state index in [-0.39, 0.29) is 17.5 Å². The zero-order chi connectivity index (χ0) is 19.3. The molecule has 1 unspecified atom stereocenters. The molecule has 0 saturated carbocycles. The molecule has 0 aliphatic heterocycles. The SMILES string of the molecule is CCC(CC(=O)c1ccc(CC(C)=O)cc1Cl)c1ccccc1C(C)C. The summed E-state index contributed by atoms with van der Waals surface area (Å²) in [5.41, 5.74) is 3.94. The Labute approximate surface area is 161 Å². The summed E-state index contributed by atoms with van der Waals surface area (Å²) in [7, 11) is 0. The first-order chi connectivity index (χ1) is 12.3. The van der Waals surface area contributed by atoms with Gasteiger partial charge in [0.2, 0.25) is 0 Å². The van der Waals surface area contributed by atoms with Gasteiger partial charge in [0.1, 0.15) is 5.78 Å². The first-order valence-corrected chi connectivity index (χ1v) is 9.61. The van der Waals surface area contributed by atoms with Gasteiger partial charge >= 0.3 is 0 Å². The number of rotatable bonds is 8. The van der Waals surface area contributed by atoms with Crippen molar-refractivity contribution in [1.82, 2.24) is 0 Å². The highest BCUT2D eigenvalue weighted by atomic mass is 35.5. The van der Waals surface area contributed by atoms with Crippen LogP contribution < -0.4 is 0 Å². The van der Waals surface area contributed by atoms with Gasteiger partial charge in [-0.2, -0.15) is 0 Å². The molecule has 0 aliphatic rings. The van der Waals surface area contributed by atoms with E-state index in [1.54, 1.807) is 19.1 Å². The summed E-state index contributed by atoms with van der Waals surface area (Å²) >= 11 is 6.33. The van der Waals surface area contributed by atoms with Crippen molar-refractivity contribution in [3.05, 3.63) is 69.7 Å². The van der Waals surface area contributed by atoms with Crippen LogP contribution in [0.4, 0.5) is 0 Å². The molecule has 0 heterocycles. The van der Waals surface area contributed by atoms with E-state index in [2.05, 4.69) is 39.0 Å². The van der Waals surface area contributed by atoms with Crippen LogP contribution >= 0.6 is 11.6 Å². The molecule has 3 heteroatoms. The monoisotopic (exact) mass is 370 g/mol. The molecule has 0 radical (unpaired) electrons. The minimum Gasteiger partial charge on any atom is -0.300 e. The smallest absolute Gasteiger partial charge is 0.164 e. The Bertz CT molecular complexity index is 793. The summed E-state index contributed by atoms with van der Waals surface area (Å²) in [6.45, 7) is 8.02. The van der Waals surface area contributed by atoms with E-state index < -0.39 is 0 Å². The van der Waals surface area contributed by atoms with Gasteiger partial charge in [0.05, 0.1) is 5.02 Å². The molecule has 26 heavy (non-hydrogen) atoms. The van der Waals surface area contributed by atoms with Gasteiger partial charge < -0.3 is 0 Å². The van der Waals surface area contributed by atoms with Gasteiger partial charge in [0.25, 0.3) is 0 Å². The van der Waals surface area contributed by atoms with E-state index >= 15 is 0 Å². The van der Waals surface area contributed by atoms with Crippen molar-refractivity contribution in [1.29, 1.82) is 0 Å². The molecule has 2 nitrogen and oxygen atoms in total. The summed E-state index contributed by atoms with van der Waals surface area (Å²) in [6.07, 6.45) is 1.68. The van der Waals surface area contributed by atoms with Crippen molar-refractivity contribution in [2.75, 3.05) is 0 Å². The van der Waals surface area contributed by atoms with Crippen molar-refractivity contribution in [3.63, 3.8) is 0 Å². The van der Waals surface area contributed by atoms with Crippen LogP contribution in [0, 0.1) is 0 Å². The van der Waals surface area contributed by atoms with Crippen LogP contribution in [-0.4, -0.2) is 11.6 Å². The molecule has 2 aromatic carbocycles. The summed E-state index contributed by atoms with van der Waals surface area (Å²) < 4.78 is 0. The Morgan fingerprint density at radius 1 is 1.04 bits per heavy atom. The number of benzene rings is 2. The molecule has 2 rings (SSSR count). The maximum absolute atomic E-state index is 12.9. The average molecular weight is 371 g/mol. The lowest BCUT2D eigenvalue weighted by atomic mass is 9.84. The summed E-state index contributed by atoms with van der Waals surface area (Å²) in [5.74, 6) is 0.727. The Balaban J connectivity index is 2.24. The van der Waals surface area contributed by atoms with Crippen LogP contribution in [0.5, 0.6) is 0 Å². The molecule has 0 bridgehead atoms. The molecular formula is C23H27ClO2. The van der Waals surface area contributed by atoms with Crippen LogP contribution in [0.1, 0.15) is 79.4 Å². The lowest BCUT2D eigenvalue weighted by Crippen LogP contribution is -2.10. The lowest BCUT2D eigenvalue weighted by Gasteiger charge is -2.21. The molecule has 138 valence electrons. The van der Waals surface area contributed by atoms with Gasteiger partial charge in [-0.1, -0.05) is 62.7 Å². The zero-order valence-corrected chi connectivity index (χ0v) is 16.8. The van der Waals surface area contributed by atoms with E-state index in [0.29, 0.717) is 29.3 Å². The van der Waals surface area contributed by atoms with Crippen molar-refractivity contribution < 1.29 is 9.59 Å². The lowest BCUT2D eigenvalue weighted by molar-refractivity contribution is -0.116. The van der Waals surface area contributed by atoms with Gasteiger partial charge in [0, 0.05) is 18.4 Å². The number of carbonyl (C=O) groups excluding carboxylic acids is 2. The third kappa shape index (κ3) is 5.04. The fraction of sp³-hybridized carbons (Fsp3) is 0.391. The number of hydrogen-bond donors (Lipinski definition) is 0. The fourth-order valence-corrected chi connectivity index (χ4v) is 3.71. The third-order valence-electron chi connectivity index (χ3n) is 4.77. The second kappa shape index (κ2) is 9.14. The topological polar surface area (TPSA) is 34.1 Å². The maximum Gasteiger partial charge on any atom is 0.164 e. The van der Waals surface area contributed by atoms with Gasteiger partial charge in [-0.15, -0.1) is 0 Å². The summed E-state index contributed by atoms with van der Waals surface area (Å²) in [6, 6.07) is 13.7. The summed E-state index contributed by atoms with van der Waals surface area (Å²) in [4.78, 5) is 24.1. The van der Waals surface area contributed by atoms with Gasteiger partial charge in [-0.25, -0.2) is 0 Å². The van der Waals surface area contributed by atoms with Crippen LogP contribution in [-0.2, 0) is 11.2 Å². The second-order valence-electron chi connectivity index (χ2n) is 7.21. The number of Topliss-reactive ketones (excluding diaryl/α,β-unsaturated/α-hetero) is 2. The molecule has 1 atom stereocenters. The van der Waals surface area contributed by atoms with Crippen LogP contribution in [0.25, 0.3) is 0 Å². The zero-order valence-electron chi connectivity index (χ0n) is 16.0.